The second-order valence-electron chi connectivity index (χ2n) is 5.25. The third-order valence-electron chi connectivity index (χ3n) is 3.52. The molecule has 128 valence electrons. The van der Waals surface area contributed by atoms with E-state index in [0.717, 1.165) is 15.4 Å². The fraction of sp³-hybridized carbons (Fsp3) is 0.188. The van der Waals surface area contributed by atoms with Crippen LogP contribution < -0.4 is 4.31 Å². The summed E-state index contributed by atoms with van der Waals surface area (Å²) in [6.45, 7) is 2.97. The first-order valence-electron chi connectivity index (χ1n) is 6.90. The van der Waals surface area contributed by atoms with Gasteiger partial charge in [0.2, 0.25) is 0 Å². The Bertz CT molecular complexity index is 897. The van der Waals surface area contributed by atoms with E-state index < -0.39 is 22.5 Å². The number of halogens is 2. The number of aryl methyl sites for hydroxylation is 2. The summed E-state index contributed by atoms with van der Waals surface area (Å²) in [5, 5.41) is 9.30. The number of nitrogens with zero attached hydrogens (tertiary/aromatic N) is 1. The van der Waals surface area contributed by atoms with Gasteiger partial charge in [-0.3, -0.25) is 9.10 Å². The Hall–Kier alpha value is -1.76. The van der Waals surface area contributed by atoms with E-state index >= 15 is 0 Å². The minimum atomic E-state index is -4.20. The highest BCUT2D eigenvalue weighted by Gasteiger charge is 2.29. The number of benzene rings is 2. The molecule has 2 rings (SSSR count). The Morgan fingerprint density at radius 3 is 2.33 bits per heavy atom. The summed E-state index contributed by atoms with van der Waals surface area (Å²) < 4.78 is 26.7. The number of carboxylic acid groups (broad SMARTS) is 1. The molecule has 0 bridgehead atoms. The molecule has 2 aromatic carbocycles. The summed E-state index contributed by atoms with van der Waals surface area (Å²) in [6, 6.07) is 8.93. The van der Waals surface area contributed by atoms with Crippen molar-refractivity contribution >= 4 is 44.9 Å². The highest BCUT2D eigenvalue weighted by Crippen LogP contribution is 2.31. The molecule has 0 aliphatic carbocycles. The van der Waals surface area contributed by atoms with E-state index in [0.29, 0.717) is 0 Å². The summed E-state index contributed by atoms with van der Waals surface area (Å²) in [7, 11) is -4.20. The molecule has 24 heavy (non-hydrogen) atoms. The minimum Gasteiger partial charge on any atom is -0.480 e. The lowest BCUT2D eigenvalue weighted by Gasteiger charge is -2.24. The van der Waals surface area contributed by atoms with Crippen LogP contribution in [0.4, 0.5) is 5.69 Å². The fourth-order valence-electron chi connectivity index (χ4n) is 2.11. The molecule has 0 aliphatic rings. The van der Waals surface area contributed by atoms with E-state index in [-0.39, 0.29) is 20.6 Å². The Morgan fingerprint density at radius 1 is 1.08 bits per heavy atom. The number of anilines is 1. The van der Waals surface area contributed by atoms with Crippen LogP contribution in [0.25, 0.3) is 0 Å². The van der Waals surface area contributed by atoms with Gasteiger partial charge in [0.05, 0.1) is 10.7 Å². The van der Waals surface area contributed by atoms with Crippen molar-refractivity contribution in [2.24, 2.45) is 0 Å². The van der Waals surface area contributed by atoms with Gasteiger partial charge in [-0.2, -0.15) is 0 Å². The maximum atomic E-state index is 13.0. The van der Waals surface area contributed by atoms with Crippen LogP contribution >= 0.6 is 23.2 Å². The van der Waals surface area contributed by atoms with Gasteiger partial charge in [-0.25, -0.2) is 8.42 Å². The third-order valence-corrected chi connectivity index (χ3v) is 6.01. The zero-order valence-corrected chi connectivity index (χ0v) is 15.3. The largest absolute Gasteiger partial charge is 0.480 e. The molecular weight excluding hydrogens is 373 g/mol. The van der Waals surface area contributed by atoms with Gasteiger partial charge in [-0.15, -0.1) is 0 Å². The zero-order valence-electron chi connectivity index (χ0n) is 13.0. The standard InChI is InChI=1S/C16H15Cl2NO4S/c1-10-3-5-13(7-11(10)2)19(9-16(20)21)24(22,23)15-8-12(17)4-6-14(15)18/h3-8H,9H2,1-2H3,(H,20,21). The lowest BCUT2D eigenvalue weighted by molar-refractivity contribution is -0.135. The maximum Gasteiger partial charge on any atom is 0.324 e. The second-order valence-corrected chi connectivity index (χ2v) is 7.92. The fourth-order valence-corrected chi connectivity index (χ4v) is 4.26. The van der Waals surface area contributed by atoms with Gasteiger partial charge in [0.25, 0.3) is 10.0 Å². The van der Waals surface area contributed by atoms with E-state index in [4.69, 9.17) is 28.3 Å². The third kappa shape index (κ3) is 3.83. The molecule has 1 N–H and O–H groups in total. The van der Waals surface area contributed by atoms with Crippen LogP contribution in [-0.2, 0) is 14.8 Å². The summed E-state index contributed by atoms with van der Waals surface area (Å²) in [5.41, 5.74) is 2.05. The molecule has 0 heterocycles. The van der Waals surface area contributed by atoms with Crippen molar-refractivity contribution in [2.45, 2.75) is 18.7 Å². The zero-order chi connectivity index (χ0) is 18.1. The normalized spacial score (nSPS) is 11.3. The average molecular weight is 388 g/mol. The number of sulfonamides is 1. The molecule has 0 saturated carbocycles. The SMILES string of the molecule is Cc1ccc(N(CC(=O)O)S(=O)(=O)c2cc(Cl)ccc2Cl)cc1C. The quantitative estimate of drug-likeness (QED) is 0.843. The van der Waals surface area contributed by atoms with Crippen LogP contribution in [0.1, 0.15) is 11.1 Å². The van der Waals surface area contributed by atoms with E-state index in [2.05, 4.69) is 0 Å². The van der Waals surface area contributed by atoms with E-state index in [9.17, 15) is 13.2 Å². The van der Waals surface area contributed by atoms with Crippen molar-refractivity contribution in [3.8, 4) is 0 Å². The van der Waals surface area contributed by atoms with Crippen LogP contribution in [0.5, 0.6) is 0 Å². The van der Waals surface area contributed by atoms with Crippen molar-refractivity contribution < 1.29 is 18.3 Å². The molecule has 0 fully saturated rings. The van der Waals surface area contributed by atoms with Crippen molar-refractivity contribution in [3.63, 3.8) is 0 Å². The lowest BCUT2D eigenvalue weighted by atomic mass is 10.1. The van der Waals surface area contributed by atoms with E-state index in [1.54, 1.807) is 18.2 Å². The van der Waals surface area contributed by atoms with Gasteiger partial charge in [0.1, 0.15) is 11.4 Å². The minimum absolute atomic E-state index is 0.0291. The highest BCUT2D eigenvalue weighted by atomic mass is 35.5. The molecule has 0 spiro atoms. The molecule has 0 amide bonds. The average Bonchev–Trinajstić information content (AvgIpc) is 2.50. The Morgan fingerprint density at radius 2 is 1.75 bits per heavy atom. The smallest absolute Gasteiger partial charge is 0.324 e. The van der Waals surface area contributed by atoms with E-state index in [1.165, 1.54) is 18.2 Å². The second kappa shape index (κ2) is 7.01. The molecule has 0 atom stereocenters. The van der Waals surface area contributed by atoms with Gasteiger partial charge in [-0.1, -0.05) is 29.3 Å². The number of hydrogen-bond donors (Lipinski definition) is 1. The summed E-state index contributed by atoms with van der Waals surface area (Å²) >= 11 is 11.9. The van der Waals surface area contributed by atoms with Crippen molar-refractivity contribution in [1.29, 1.82) is 0 Å². The molecule has 8 heteroatoms. The molecule has 0 aromatic heterocycles. The first-order chi connectivity index (χ1) is 11.1. The monoisotopic (exact) mass is 387 g/mol. The first kappa shape index (κ1) is 18.6. The van der Waals surface area contributed by atoms with Gasteiger partial charge in [-0.05, 0) is 55.3 Å². The highest BCUT2D eigenvalue weighted by molar-refractivity contribution is 7.93. The van der Waals surface area contributed by atoms with Crippen LogP contribution in [0, 0.1) is 13.8 Å². The topological polar surface area (TPSA) is 74.7 Å². The number of rotatable bonds is 5. The predicted octanol–water partition coefficient (Wildman–Crippen LogP) is 3.89. The summed E-state index contributed by atoms with van der Waals surface area (Å²) in [6.07, 6.45) is 0. The summed E-state index contributed by atoms with van der Waals surface area (Å²) in [5.74, 6) is -1.28. The molecular formula is C16H15Cl2NO4S. The van der Waals surface area contributed by atoms with Crippen LogP contribution in [0.3, 0.4) is 0 Å². The van der Waals surface area contributed by atoms with E-state index in [1.807, 2.05) is 13.8 Å². The summed E-state index contributed by atoms with van der Waals surface area (Å²) in [4.78, 5) is 11.0. The maximum absolute atomic E-state index is 13.0. The number of hydrogen-bond acceptors (Lipinski definition) is 3. The first-order valence-corrected chi connectivity index (χ1v) is 9.09. The van der Waals surface area contributed by atoms with Crippen LogP contribution in [0.2, 0.25) is 10.0 Å². The molecule has 0 aliphatic heterocycles. The Labute approximate surface area is 150 Å². The predicted molar refractivity (Wildman–Crippen MR) is 94.5 cm³/mol. The molecule has 0 saturated heterocycles. The van der Waals surface area contributed by atoms with Crippen LogP contribution in [-0.4, -0.2) is 26.0 Å². The lowest BCUT2D eigenvalue weighted by Crippen LogP contribution is -2.36. The van der Waals surface area contributed by atoms with Crippen molar-refractivity contribution in [3.05, 3.63) is 57.6 Å². The molecule has 5 nitrogen and oxygen atoms in total. The van der Waals surface area contributed by atoms with Crippen molar-refractivity contribution in [2.75, 3.05) is 10.8 Å². The van der Waals surface area contributed by atoms with Gasteiger partial charge >= 0.3 is 5.97 Å². The Balaban J connectivity index is 2.64. The van der Waals surface area contributed by atoms with Gasteiger partial charge < -0.3 is 5.11 Å². The Kier molecular flexibility index (Phi) is 5.42. The molecule has 2 aromatic rings. The van der Waals surface area contributed by atoms with Crippen molar-refractivity contribution in [1.82, 2.24) is 0 Å². The molecule has 0 unspecified atom stereocenters. The van der Waals surface area contributed by atoms with Gasteiger partial charge in [0.15, 0.2) is 0 Å². The van der Waals surface area contributed by atoms with Crippen LogP contribution in [0.15, 0.2) is 41.3 Å². The van der Waals surface area contributed by atoms with Gasteiger partial charge in [0, 0.05) is 5.02 Å². The number of carbonyl (C=O) groups is 1. The number of carboxylic acids is 1. The molecule has 0 radical (unpaired) electrons. The number of aliphatic carboxylic acids is 1.